The number of carboxylic acids is 1. The van der Waals surface area contributed by atoms with Crippen molar-refractivity contribution < 1.29 is 19.4 Å². The van der Waals surface area contributed by atoms with Crippen molar-refractivity contribution in [2.75, 3.05) is 20.0 Å². The van der Waals surface area contributed by atoms with Gasteiger partial charge in [-0.05, 0) is 6.07 Å². The third-order valence-electron chi connectivity index (χ3n) is 2.80. The fraction of sp³-hybridized carbons (Fsp3) is 0.417. The van der Waals surface area contributed by atoms with Crippen LogP contribution in [0.25, 0.3) is 0 Å². The number of para-hydroxylation sites is 1. The summed E-state index contributed by atoms with van der Waals surface area (Å²) in [5, 5.41) is 11.9. The maximum atomic E-state index is 10.9. The van der Waals surface area contributed by atoms with Crippen LogP contribution in [0.4, 0.5) is 0 Å². The minimum atomic E-state index is -0.827. The van der Waals surface area contributed by atoms with Crippen LogP contribution in [0.2, 0.25) is 0 Å². The Labute approximate surface area is 109 Å². The van der Waals surface area contributed by atoms with Crippen molar-refractivity contribution in [1.29, 1.82) is 0 Å². The van der Waals surface area contributed by atoms with Crippen molar-refractivity contribution in [1.82, 2.24) is 5.32 Å². The van der Waals surface area contributed by atoms with Crippen molar-refractivity contribution in [3.63, 3.8) is 0 Å². The van der Waals surface area contributed by atoms with E-state index in [-0.39, 0.29) is 5.37 Å². The molecular formula is C12H15NO4S. The second-order valence-corrected chi connectivity index (χ2v) is 4.99. The Morgan fingerprint density at radius 1 is 1.44 bits per heavy atom. The summed E-state index contributed by atoms with van der Waals surface area (Å²) < 4.78 is 10.6. The highest BCUT2D eigenvalue weighted by Gasteiger charge is 2.32. The molecule has 2 atom stereocenters. The van der Waals surface area contributed by atoms with Crippen LogP contribution in [0.15, 0.2) is 18.2 Å². The average Bonchev–Trinajstić information content (AvgIpc) is 2.87. The number of rotatable bonds is 4. The summed E-state index contributed by atoms with van der Waals surface area (Å²) >= 11 is 1.55. The minimum absolute atomic E-state index is 0.0869. The van der Waals surface area contributed by atoms with Crippen LogP contribution in [0.5, 0.6) is 11.5 Å². The first-order valence-electron chi connectivity index (χ1n) is 5.48. The predicted octanol–water partition coefficient (Wildman–Crippen LogP) is 1.49. The van der Waals surface area contributed by atoms with Crippen molar-refractivity contribution >= 4 is 17.7 Å². The molecule has 0 saturated carbocycles. The Morgan fingerprint density at radius 3 is 2.78 bits per heavy atom. The van der Waals surface area contributed by atoms with E-state index in [0.717, 1.165) is 5.56 Å². The molecule has 1 aromatic carbocycles. The molecule has 0 radical (unpaired) electrons. The van der Waals surface area contributed by atoms with Crippen LogP contribution in [-0.2, 0) is 4.79 Å². The van der Waals surface area contributed by atoms with Gasteiger partial charge >= 0.3 is 5.97 Å². The zero-order chi connectivity index (χ0) is 13.1. The Morgan fingerprint density at radius 2 is 2.22 bits per heavy atom. The maximum absolute atomic E-state index is 10.9. The van der Waals surface area contributed by atoms with E-state index in [1.807, 2.05) is 18.2 Å². The number of aliphatic carboxylic acids is 1. The maximum Gasteiger partial charge on any atom is 0.321 e. The largest absolute Gasteiger partial charge is 0.493 e. The van der Waals surface area contributed by atoms with Gasteiger partial charge in [0.05, 0.1) is 19.6 Å². The molecule has 0 amide bonds. The quantitative estimate of drug-likeness (QED) is 0.863. The average molecular weight is 269 g/mol. The van der Waals surface area contributed by atoms with Crippen LogP contribution < -0.4 is 14.8 Å². The number of carbonyl (C=O) groups is 1. The molecule has 0 aromatic heterocycles. The van der Waals surface area contributed by atoms with Gasteiger partial charge in [0, 0.05) is 11.3 Å². The molecule has 1 unspecified atom stereocenters. The normalized spacial score (nSPS) is 22.8. The minimum Gasteiger partial charge on any atom is -0.493 e. The molecule has 2 rings (SSSR count). The first-order valence-corrected chi connectivity index (χ1v) is 6.53. The van der Waals surface area contributed by atoms with Crippen LogP contribution in [-0.4, -0.2) is 37.1 Å². The lowest BCUT2D eigenvalue weighted by molar-refractivity contribution is -0.138. The molecule has 1 fully saturated rings. The van der Waals surface area contributed by atoms with E-state index in [4.69, 9.17) is 14.6 Å². The number of hydrogen-bond donors (Lipinski definition) is 2. The van der Waals surface area contributed by atoms with Gasteiger partial charge in [-0.15, -0.1) is 11.8 Å². The smallest absolute Gasteiger partial charge is 0.321 e. The molecule has 0 spiro atoms. The van der Waals surface area contributed by atoms with Gasteiger partial charge in [-0.1, -0.05) is 12.1 Å². The second kappa shape index (κ2) is 5.49. The molecule has 0 bridgehead atoms. The fourth-order valence-electron chi connectivity index (χ4n) is 1.91. The van der Waals surface area contributed by atoms with Gasteiger partial charge in [-0.3, -0.25) is 10.1 Å². The number of ether oxygens (including phenoxy) is 2. The number of thioether (sulfide) groups is 1. The lowest BCUT2D eigenvalue weighted by Crippen LogP contribution is -2.33. The molecule has 18 heavy (non-hydrogen) atoms. The molecule has 0 aliphatic carbocycles. The summed E-state index contributed by atoms with van der Waals surface area (Å²) in [6.45, 7) is 0. The van der Waals surface area contributed by atoms with Gasteiger partial charge in [0.2, 0.25) is 0 Å². The van der Waals surface area contributed by atoms with Crippen LogP contribution in [0, 0.1) is 0 Å². The zero-order valence-corrected chi connectivity index (χ0v) is 11.0. The zero-order valence-electron chi connectivity index (χ0n) is 10.2. The van der Waals surface area contributed by atoms with Crippen molar-refractivity contribution in [2.24, 2.45) is 0 Å². The van der Waals surface area contributed by atoms with E-state index in [2.05, 4.69) is 5.32 Å². The summed E-state index contributed by atoms with van der Waals surface area (Å²) in [7, 11) is 3.16. The number of hydrogen-bond acceptors (Lipinski definition) is 5. The molecule has 1 aliphatic heterocycles. The summed E-state index contributed by atoms with van der Waals surface area (Å²) in [6, 6.07) is 5.08. The van der Waals surface area contributed by atoms with Gasteiger partial charge in [-0.25, -0.2) is 0 Å². The Balaban J connectivity index is 2.26. The lowest BCUT2D eigenvalue weighted by Gasteiger charge is -2.17. The number of carboxylic acid groups (broad SMARTS) is 1. The molecule has 1 aliphatic rings. The van der Waals surface area contributed by atoms with E-state index in [0.29, 0.717) is 17.3 Å². The second-order valence-electron chi connectivity index (χ2n) is 3.85. The molecule has 2 N–H and O–H groups in total. The van der Waals surface area contributed by atoms with Gasteiger partial charge in [0.1, 0.15) is 6.04 Å². The number of nitrogens with one attached hydrogen (secondary N) is 1. The van der Waals surface area contributed by atoms with Gasteiger partial charge in [0.25, 0.3) is 0 Å². The first kappa shape index (κ1) is 13.0. The Hall–Kier alpha value is -1.40. The predicted molar refractivity (Wildman–Crippen MR) is 69.3 cm³/mol. The molecule has 98 valence electrons. The van der Waals surface area contributed by atoms with E-state index >= 15 is 0 Å². The molecule has 5 nitrogen and oxygen atoms in total. The summed E-state index contributed by atoms with van der Waals surface area (Å²) in [4.78, 5) is 10.9. The molecule has 1 heterocycles. The van der Waals surface area contributed by atoms with Gasteiger partial charge in [0.15, 0.2) is 11.5 Å². The highest BCUT2D eigenvalue weighted by atomic mass is 32.2. The summed E-state index contributed by atoms with van der Waals surface area (Å²) in [5.74, 6) is 1.01. The van der Waals surface area contributed by atoms with Crippen LogP contribution in [0.1, 0.15) is 10.9 Å². The third kappa shape index (κ3) is 2.39. The van der Waals surface area contributed by atoms with Gasteiger partial charge < -0.3 is 14.6 Å². The van der Waals surface area contributed by atoms with E-state index in [1.165, 1.54) is 0 Å². The van der Waals surface area contributed by atoms with Crippen LogP contribution in [0.3, 0.4) is 0 Å². The summed E-state index contributed by atoms with van der Waals surface area (Å²) in [5.41, 5.74) is 0.908. The monoisotopic (exact) mass is 269 g/mol. The fourth-order valence-corrected chi connectivity index (χ4v) is 3.16. The van der Waals surface area contributed by atoms with E-state index in [1.54, 1.807) is 26.0 Å². The Kier molecular flexibility index (Phi) is 3.98. The summed E-state index contributed by atoms with van der Waals surface area (Å²) in [6.07, 6.45) is 0. The number of benzene rings is 1. The molecule has 1 aromatic rings. The molecule has 1 saturated heterocycles. The molecular weight excluding hydrogens is 254 g/mol. The highest BCUT2D eigenvalue weighted by molar-refractivity contribution is 7.99. The van der Waals surface area contributed by atoms with Crippen molar-refractivity contribution in [3.05, 3.63) is 23.8 Å². The van der Waals surface area contributed by atoms with Crippen molar-refractivity contribution in [3.8, 4) is 11.5 Å². The number of methoxy groups -OCH3 is 2. The first-order chi connectivity index (χ1) is 8.67. The van der Waals surface area contributed by atoms with E-state index < -0.39 is 12.0 Å². The topological polar surface area (TPSA) is 67.8 Å². The lowest BCUT2D eigenvalue weighted by atomic mass is 10.1. The Bertz CT molecular complexity index is 452. The SMILES string of the molecule is COc1cccc(C2N[C@H](C(=O)O)CS2)c1OC. The molecule has 6 heteroatoms. The van der Waals surface area contributed by atoms with E-state index in [9.17, 15) is 4.79 Å². The van der Waals surface area contributed by atoms with Crippen LogP contribution >= 0.6 is 11.8 Å². The van der Waals surface area contributed by atoms with Gasteiger partial charge in [-0.2, -0.15) is 0 Å². The highest BCUT2D eigenvalue weighted by Crippen LogP contribution is 2.41. The third-order valence-corrected chi connectivity index (χ3v) is 4.05. The van der Waals surface area contributed by atoms with Crippen molar-refractivity contribution in [2.45, 2.75) is 11.4 Å². The standard InChI is InChI=1S/C12H15NO4S/c1-16-9-5-3-4-7(10(9)17-2)11-13-8(6-18-11)12(14)15/h3-5,8,11,13H,6H2,1-2H3,(H,14,15)/t8-,11?/m0/s1.